The SMILES string of the molecule is N[C@@H]1CC[C@H](OC(F)(F)F)C1. The third-order valence-electron chi connectivity index (χ3n) is 1.73. The first-order valence-electron chi connectivity index (χ1n) is 3.47. The molecule has 2 N–H and O–H groups in total. The Hall–Kier alpha value is -0.290. The largest absolute Gasteiger partial charge is 0.522 e. The van der Waals surface area contributed by atoms with Gasteiger partial charge in [-0.2, -0.15) is 0 Å². The average molecular weight is 169 g/mol. The smallest absolute Gasteiger partial charge is 0.328 e. The van der Waals surface area contributed by atoms with E-state index in [1.165, 1.54) is 0 Å². The minimum absolute atomic E-state index is 0.123. The molecule has 2 atom stereocenters. The Balaban J connectivity index is 2.29. The van der Waals surface area contributed by atoms with Crippen molar-refractivity contribution in [2.24, 2.45) is 5.73 Å². The van der Waals surface area contributed by atoms with E-state index in [-0.39, 0.29) is 6.04 Å². The van der Waals surface area contributed by atoms with Gasteiger partial charge in [0, 0.05) is 6.04 Å². The monoisotopic (exact) mass is 169 g/mol. The van der Waals surface area contributed by atoms with Gasteiger partial charge in [-0.1, -0.05) is 0 Å². The maximum atomic E-state index is 11.6. The molecule has 1 saturated carbocycles. The van der Waals surface area contributed by atoms with Crippen molar-refractivity contribution in [1.29, 1.82) is 0 Å². The molecule has 0 saturated heterocycles. The third-order valence-corrected chi connectivity index (χ3v) is 1.73. The van der Waals surface area contributed by atoms with Crippen molar-refractivity contribution < 1.29 is 17.9 Å². The number of alkyl halides is 3. The summed E-state index contributed by atoms with van der Waals surface area (Å²) in [4.78, 5) is 0. The standard InChI is InChI=1S/C6H10F3NO/c7-6(8,9)11-5-2-1-4(10)3-5/h4-5H,1-3,10H2/t4-,5+/m1/s1. The van der Waals surface area contributed by atoms with E-state index in [9.17, 15) is 13.2 Å². The molecular weight excluding hydrogens is 159 g/mol. The predicted octanol–water partition coefficient (Wildman–Crippen LogP) is 1.40. The average Bonchev–Trinajstić information content (AvgIpc) is 2.10. The fourth-order valence-electron chi connectivity index (χ4n) is 1.27. The Kier molecular flexibility index (Phi) is 2.39. The van der Waals surface area contributed by atoms with Crippen molar-refractivity contribution in [1.82, 2.24) is 0 Å². The summed E-state index contributed by atoms with van der Waals surface area (Å²) in [5, 5.41) is 0. The number of ether oxygens (including phenoxy) is 1. The predicted molar refractivity (Wildman–Crippen MR) is 32.8 cm³/mol. The van der Waals surface area contributed by atoms with Crippen molar-refractivity contribution in [3.63, 3.8) is 0 Å². The second kappa shape index (κ2) is 2.98. The summed E-state index contributed by atoms with van der Waals surface area (Å²) < 4.78 is 38.5. The van der Waals surface area contributed by atoms with Gasteiger partial charge in [-0.3, -0.25) is 4.74 Å². The normalized spacial score (nSPS) is 32.7. The first-order chi connectivity index (χ1) is 4.97. The van der Waals surface area contributed by atoms with Crippen molar-refractivity contribution >= 4 is 0 Å². The molecule has 0 heterocycles. The van der Waals surface area contributed by atoms with Crippen molar-refractivity contribution in [2.75, 3.05) is 0 Å². The minimum atomic E-state index is -4.51. The lowest BCUT2D eigenvalue weighted by Gasteiger charge is -2.13. The van der Waals surface area contributed by atoms with Crippen LogP contribution in [0.4, 0.5) is 13.2 Å². The zero-order valence-corrected chi connectivity index (χ0v) is 5.90. The van der Waals surface area contributed by atoms with Crippen molar-refractivity contribution in [2.45, 2.75) is 37.8 Å². The van der Waals surface area contributed by atoms with Gasteiger partial charge in [0.1, 0.15) is 0 Å². The molecule has 0 amide bonds. The molecule has 0 bridgehead atoms. The second-order valence-corrected chi connectivity index (χ2v) is 2.76. The molecule has 0 aliphatic heterocycles. The molecule has 11 heavy (non-hydrogen) atoms. The van der Waals surface area contributed by atoms with Crippen LogP contribution in [0.15, 0.2) is 0 Å². The molecule has 1 aliphatic carbocycles. The summed E-state index contributed by atoms with van der Waals surface area (Å²) in [6.07, 6.45) is -3.86. The van der Waals surface area contributed by atoms with E-state index >= 15 is 0 Å². The van der Waals surface area contributed by atoms with Gasteiger partial charge in [0.25, 0.3) is 0 Å². The molecule has 0 spiro atoms. The highest BCUT2D eigenvalue weighted by Gasteiger charge is 2.36. The number of hydrogen-bond donors (Lipinski definition) is 1. The Morgan fingerprint density at radius 1 is 1.27 bits per heavy atom. The first kappa shape index (κ1) is 8.80. The molecule has 1 rings (SSSR count). The van der Waals surface area contributed by atoms with Gasteiger partial charge in [0.05, 0.1) is 6.10 Å². The molecule has 0 aromatic carbocycles. The van der Waals surface area contributed by atoms with Gasteiger partial charge in [0.2, 0.25) is 0 Å². The van der Waals surface area contributed by atoms with Crippen LogP contribution in [0.3, 0.4) is 0 Å². The van der Waals surface area contributed by atoms with E-state index in [4.69, 9.17) is 5.73 Å². The van der Waals surface area contributed by atoms with Crippen LogP contribution in [0.25, 0.3) is 0 Å². The third kappa shape index (κ3) is 3.07. The molecule has 0 aromatic rings. The highest BCUT2D eigenvalue weighted by atomic mass is 19.4. The lowest BCUT2D eigenvalue weighted by molar-refractivity contribution is -0.341. The van der Waals surface area contributed by atoms with Gasteiger partial charge in [-0.05, 0) is 19.3 Å². The Bertz CT molecular complexity index is 136. The molecule has 1 aliphatic rings. The molecule has 66 valence electrons. The van der Waals surface area contributed by atoms with E-state index in [0.717, 1.165) is 0 Å². The number of hydrogen-bond acceptors (Lipinski definition) is 2. The lowest BCUT2D eigenvalue weighted by Crippen LogP contribution is -2.23. The van der Waals surface area contributed by atoms with E-state index in [0.29, 0.717) is 19.3 Å². The van der Waals surface area contributed by atoms with Crippen LogP contribution >= 0.6 is 0 Å². The summed E-state index contributed by atoms with van der Waals surface area (Å²) in [6.45, 7) is 0. The van der Waals surface area contributed by atoms with E-state index < -0.39 is 12.5 Å². The van der Waals surface area contributed by atoms with Gasteiger partial charge < -0.3 is 5.73 Å². The van der Waals surface area contributed by atoms with Crippen LogP contribution < -0.4 is 5.73 Å². The molecule has 1 fully saturated rings. The Morgan fingerprint density at radius 3 is 2.27 bits per heavy atom. The lowest BCUT2D eigenvalue weighted by atomic mass is 10.3. The van der Waals surface area contributed by atoms with Crippen LogP contribution in [0.2, 0.25) is 0 Å². The number of rotatable bonds is 1. The molecule has 5 heteroatoms. The zero-order valence-electron chi connectivity index (χ0n) is 5.90. The van der Waals surface area contributed by atoms with Gasteiger partial charge in [-0.15, -0.1) is 13.2 Å². The summed E-state index contributed by atoms with van der Waals surface area (Å²) in [6, 6.07) is -0.123. The van der Waals surface area contributed by atoms with E-state index in [1.807, 2.05) is 0 Å². The van der Waals surface area contributed by atoms with Crippen LogP contribution in [-0.2, 0) is 4.74 Å². The van der Waals surface area contributed by atoms with Crippen LogP contribution in [0.1, 0.15) is 19.3 Å². The molecule has 0 unspecified atom stereocenters. The van der Waals surface area contributed by atoms with Crippen LogP contribution in [-0.4, -0.2) is 18.5 Å². The Labute approximate surface area is 62.5 Å². The molecule has 0 radical (unpaired) electrons. The Morgan fingerprint density at radius 2 is 1.91 bits per heavy atom. The molecule has 0 aromatic heterocycles. The van der Waals surface area contributed by atoms with Gasteiger partial charge in [0.15, 0.2) is 0 Å². The first-order valence-corrected chi connectivity index (χ1v) is 3.47. The maximum Gasteiger partial charge on any atom is 0.522 e. The van der Waals surface area contributed by atoms with Crippen molar-refractivity contribution in [3.05, 3.63) is 0 Å². The fraction of sp³-hybridized carbons (Fsp3) is 1.00. The summed E-state index contributed by atoms with van der Waals surface area (Å²) in [5.74, 6) is 0. The van der Waals surface area contributed by atoms with Crippen molar-refractivity contribution in [3.8, 4) is 0 Å². The minimum Gasteiger partial charge on any atom is -0.328 e. The summed E-state index contributed by atoms with van der Waals surface area (Å²) in [7, 11) is 0. The maximum absolute atomic E-state index is 11.6. The quantitative estimate of drug-likeness (QED) is 0.644. The summed E-state index contributed by atoms with van der Waals surface area (Å²) in [5.41, 5.74) is 5.40. The molecule has 2 nitrogen and oxygen atoms in total. The summed E-state index contributed by atoms with van der Waals surface area (Å²) >= 11 is 0. The highest BCUT2D eigenvalue weighted by Crippen LogP contribution is 2.27. The number of halogens is 3. The highest BCUT2D eigenvalue weighted by molar-refractivity contribution is 4.78. The van der Waals surface area contributed by atoms with E-state index in [2.05, 4.69) is 4.74 Å². The van der Waals surface area contributed by atoms with Gasteiger partial charge in [-0.25, -0.2) is 0 Å². The molecular formula is C6H10F3NO. The topological polar surface area (TPSA) is 35.2 Å². The second-order valence-electron chi connectivity index (χ2n) is 2.76. The van der Waals surface area contributed by atoms with Gasteiger partial charge >= 0.3 is 6.36 Å². The number of nitrogens with two attached hydrogens (primary N) is 1. The fourth-order valence-corrected chi connectivity index (χ4v) is 1.27. The van der Waals surface area contributed by atoms with E-state index in [1.54, 1.807) is 0 Å². The van der Waals surface area contributed by atoms with Crippen LogP contribution in [0, 0.1) is 0 Å². The zero-order chi connectivity index (χ0) is 8.48. The van der Waals surface area contributed by atoms with Crippen LogP contribution in [0.5, 0.6) is 0 Å².